The number of aliphatic hydroxyl groups excluding tert-OH is 3. The number of nitrogens with zero attached hydrogens (tertiary/aromatic N) is 1. The lowest BCUT2D eigenvalue weighted by Gasteiger charge is -2.24. The number of rotatable bonds is 36. The molecule has 11 nitrogen and oxygen atoms in total. The zero-order valence-electron chi connectivity index (χ0n) is 35.9. The first-order chi connectivity index (χ1) is 26.8. The number of hydrogen-bond acceptors (Lipinski definition) is 9. The fraction of sp³-hybridized carbons (Fsp3) is 0.841. The molecule has 56 heavy (non-hydrogen) atoms. The van der Waals surface area contributed by atoms with E-state index < -0.39 is 38.2 Å². The lowest BCUT2D eigenvalue weighted by atomic mass is 9.89. The molecule has 1 aliphatic rings. The molecule has 0 aliphatic heterocycles. The number of aliphatic hydroxyl groups is 3. The number of carbonyl (C=O) groups excluding carboxylic acids is 1. The maximum absolute atomic E-state index is 12.6. The Kier molecular flexibility index (Phi) is 30.3. The van der Waals surface area contributed by atoms with Gasteiger partial charge in [-0.25, -0.2) is 4.57 Å². The Labute approximate surface area is 341 Å². The van der Waals surface area contributed by atoms with Crippen LogP contribution in [0.5, 0.6) is 0 Å². The van der Waals surface area contributed by atoms with Gasteiger partial charge in [0.15, 0.2) is 6.10 Å². The van der Waals surface area contributed by atoms with Crippen LogP contribution in [-0.2, 0) is 27.9 Å². The summed E-state index contributed by atoms with van der Waals surface area (Å²) in [7, 11) is 1.54. The Hall–Kier alpha value is -1.56. The van der Waals surface area contributed by atoms with Crippen LogP contribution in [-0.4, -0.2) is 103 Å². The van der Waals surface area contributed by atoms with E-state index in [2.05, 4.69) is 13.8 Å². The lowest BCUT2D eigenvalue weighted by Crippen LogP contribution is -2.37. The molecule has 0 amide bonds. The minimum absolute atomic E-state index is 0.0509. The van der Waals surface area contributed by atoms with Gasteiger partial charge in [-0.1, -0.05) is 128 Å². The fourth-order valence-corrected chi connectivity index (χ4v) is 7.51. The smallest absolute Gasteiger partial charge is 0.472 e. The summed E-state index contributed by atoms with van der Waals surface area (Å²) in [5.74, 6) is -0.765. The second-order valence-corrected chi connectivity index (χ2v) is 18.2. The summed E-state index contributed by atoms with van der Waals surface area (Å²) in [6.07, 6.45) is 30.9. The average Bonchev–Trinajstić information content (AvgIpc) is 3.41. The van der Waals surface area contributed by atoms with Crippen molar-refractivity contribution >= 4 is 13.8 Å². The molecule has 1 rings (SSSR count). The van der Waals surface area contributed by atoms with Crippen LogP contribution in [0.25, 0.3) is 0 Å². The van der Waals surface area contributed by atoms with Crippen LogP contribution < -0.4 is 0 Å². The second kappa shape index (κ2) is 32.3. The molecule has 0 bridgehead atoms. The molecule has 1 fully saturated rings. The monoisotopic (exact) mass is 817 g/mol. The number of quaternary nitrogens is 1. The zero-order valence-corrected chi connectivity index (χ0v) is 36.8. The van der Waals surface area contributed by atoms with Crippen LogP contribution in [0.4, 0.5) is 0 Å². The Bertz CT molecular complexity index is 1110. The van der Waals surface area contributed by atoms with E-state index in [1.165, 1.54) is 64.2 Å². The number of ether oxygens (including phenoxy) is 2. The summed E-state index contributed by atoms with van der Waals surface area (Å²) in [6.45, 7) is 4.53. The van der Waals surface area contributed by atoms with Gasteiger partial charge in [-0.2, -0.15) is 0 Å². The first-order valence-corrected chi connectivity index (χ1v) is 23.5. The predicted octanol–water partition coefficient (Wildman–Crippen LogP) is 9.33. The fourth-order valence-electron chi connectivity index (χ4n) is 6.77. The van der Waals surface area contributed by atoms with Crippen LogP contribution in [0.1, 0.15) is 155 Å². The Balaban J connectivity index is 2.48. The van der Waals surface area contributed by atoms with Gasteiger partial charge >= 0.3 is 13.8 Å². The van der Waals surface area contributed by atoms with Crippen molar-refractivity contribution in [3.05, 3.63) is 36.6 Å². The SMILES string of the molecule is CCCCCCCCCCCCCC/C=C/O[C@H](COC(=O)CCC/C=C/C[C@@H]1[C@@H](/C=C/[C@@H](O)CCCCC)[C@H](O)C[C@@H]1O)COP(=O)(O)OCC[N+](C)(C)C. The van der Waals surface area contributed by atoms with Gasteiger partial charge in [0.2, 0.25) is 0 Å². The molecule has 4 N–H and O–H groups in total. The van der Waals surface area contributed by atoms with Gasteiger partial charge in [0.25, 0.3) is 0 Å². The van der Waals surface area contributed by atoms with E-state index in [9.17, 15) is 29.6 Å². The molecule has 0 spiro atoms. The molecule has 1 saturated carbocycles. The van der Waals surface area contributed by atoms with E-state index in [4.69, 9.17) is 18.5 Å². The standard InChI is InChI=1S/C44H82NO10P/c1-6-8-10-11-12-13-14-15-16-17-18-19-22-26-33-52-39(37-55-56(50,51)54-34-32-45(3,4)5)36-53-44(49)29-25-21-20-24-28-40-41(43(48)35-42(40)47)31-30-38(46)27-23-9-7-2/h20,24,26,30-31,33,38-43,46-48H,6-19,21-23,25,27-29,32,34-37H2,1-5H3/p+1/b24-20+,31-30+,33-26+/t38-,39+,40+,41+,42-,43+/m0/s1. The molecular weight excluding hydrogens is 733 g/mol. The number of phosphoric acid groups is 1. The van der Waals surface area contributed by atoms with E-state index in [0.717, 1.165) is 38.5 Å². The normalized spacial score (nSPS) is 21.3. The average molecular weight is 817 g/mol. The van der Waals surface area contributed by atoms with Crippen LogP contribution in [0.15, 0.2) is 36.6 Å². The largest absolute Gasteiger partial charge is 0.492 e. The lowest BCUT2D eigenvalue weighted by molar-refractivity contribution is -0.870. The molecule has 0 saturated heterocycles. The van der Waals surface area contributed by atoms with E-state index >= 15 is 0 Å². The van der Waals surface area contributed by atoms with Crippen molar-refractivity contribution in [3.8, 4) is 0 Å². The van der Waals surface area contributed by atoms with Gasteiger partial charge in [-0.15, -0.1) is 0 Å². The Morgan fingerprint density at radius 3 is 2.04 bits per heavy atom. The highest BCUT2D eigenvalue weighted by Crippen LogP contribution is 2.43. The summed E-state index contributed by atoms with van der Waals surface area (Å²) in [6, 6.07) is 0. The van der Waals surface area contributed by atoms with Crippen molar-refractivity contribution in [2.75, 3.05) is 47.5 Å². The minimum Gasteiger partial charge on any atom is -0.492 e. The minimum atomic E-state index is -4.32. The highest BCUT2D eigenvalue weighted by atomic mass is 31.2. The molecule has 0 aromatic rings. The van der Waals surface area contributed by atoms with Gasteiger partial charge in [-0.3, -0.25) is 13.8 Å². The molecule has 0 heterocycles. The first-order valence-electron chi connectivity index (χ1n) is 22.0. The summed E-state index contributed by atoms with van der Waals surface area (Å²) < 4.78 is 34.7. The number of allylic oxidation sites excluding steroid dienone is 3. The van der Waals surface area contributed by atoms with E-state index in [0.29, 0.717) is 43.1 Å². The third-order valence-corrected chi connectivity index (χ3v) is 11.3. The highest BCUT2D eigenvalue weighted by molar-refractivity contribution is 7.47. The first kappa shape index (κ1) is 52.5. The molecular formula is C44H83NO10P+. The number of carbonyl (C=O) groups is 1. The number of phosphoric ester groups is 1. The van der Waals surface area contributed by atoms with Gasteiger partial charge in [0, 0.05) is 18.8 Å². The van der Waals surface area contributed by atoms with Crippen molar-refractivity contribution in [2.24, 2.45) is 11.8 Å². The summed E-state index contributed by atoms with van der Waals surface area (Å²) in [4.78, 5) is 22.8. The third-order valence-electron chi connectivity index (χ3n) is 10.4. The Morgan fingerprint density at radius 1 is 0.786 bits per heavy atom. The summed E-state index contributed by atoms with van der Waals surface area (Å²) in [5.41, 5.74) is 0. The maximum Gasteiger partial charge on any atom is 0.472 e. The van der Waals surface area contributed by atoms with Crippen molar-refractivity contribution < 1.29 is 52.6 Å². The second-order valence-electron chi connectivity index (χ2n) is 16.8. The highest BCUT2D eigenvalue weighted by Gasteiger charge is 2.39. The van der Waals surface area contributed by atoms with Gasteiger partial charge in [0.05, 0.1) is 52.3 Å². The number of likely N-dealkylation sites (N-methyl/N-ethyl adjacent to an activating group) is 1. The van der Waals surface area contributed by atoms with Crippen LogP contribution >= 0.6 is 7.82 Å². The molecule has 0 aromatic heterocycles. The maximum atomic E-state index is 12.6. The van der Waals surface area contributed by atoms with Gasteiger partial charge < -0.3 is 34.2 Å². The van der Waals surface area contributed by atoms with E-state index in [1.54, 1.807) is 12.3 Å². The topological polar surface area (TPSA) is 152 Å². The van der Waals surface area contributed by atoms with E-state index in [-0.39, 0.29) is 38.1 Å². The molecule has 0 radical (unpaired) electrons. The van der Waals surface area contributed by atoms with Crippen LogP contribution in [0, 0.1) is 11.8 Å². The van der Waals surface area contributed by atoms with Crippen molar-refractivity contribution in [3.63, 3.8) is 0 Å². The zero-order chi connectivity index (χ0) is 41.5. The molecule has 0 aromatic carbocycles. The molecule has 1 aliphatic carbocycles. The quantitative estimate of drug-likeness (QED) is 0.0120. The molecule has 12 heteroatoms. The number of unbranched alkanes of at least 4 members (excludes halogenated alkanes) is 15. The summed E-state index contributed by atoms with van der Waals surface area (Å²) >= 11 is 0. The predicted molar refractivity (Wildman–Crippen MR) is 226 cm³/mol. The van der Waals surface area contributed by atoms with Gasteiger partial charge in [-0.05, 0) is 50.5 Å². The third kappa shape index (κ3) is 28.8. The van der Waals surface area contributed by atoms with Crippen molar-refractivity contribution in [1.29, 1.82) is 0 Å². The molecule has 1 unspecified atom stereocenters. The van der Waals surface area contributed by atoms with Gasteiger partial charge in [0.1, 0.15) is 19.8 Å². The molecule has 328 valence electrons. The molecule has 7 atom stereocenters. The van der Waals surface area contributed by atoms with Crippen molar-refractivity contribution in [2.45, 2.75) is 180 Å². The Morgan fingerprint density at radius 2 is 1.39 bits per heavy atom. The van der Waals surface area contributed by atoms with E-state index in [1.807, 2.05) is 45.4 Å². The van der Waals surface area contributed by atoms with Crippen LogP contribution in [0.2, 0.25) is 0 Å². The number of esters is 1. The summed E-state index contributed by atoms with van der Waals surface area (Å²) in [5, 5.41) is 31.3. The van der Waals surface area contributed by atoms with Crippen molar-refractivity contribution in [1.82, 2.24) is 0 Å². The van der Waals surface area contributed by atoms with Crippen LogP contribution in [0.3, 0.4) is 0 Å². The number of hydrogen-bond donors (Lipinski definition) is 4.